The average Bonchev–Trinajstić information content (AvgIpc) is 2.60. The van der Waals surface area contributed by atoms with Crippen LogP contribution in [0.15, 0.2) is 22.4 Å². The van der Waals surface area contributed by atoms with Crippen molar-refractivity contribution in [2.45, 2.75) is 10.8 Å². The van der Waals surface area contributed by atoms with Crippen LogP contribution in [0.2, 0.25) is 0 Å². The standard InChI is InChI=1S/C10H8ClFS2/c1-13-10-8(12)3-2-7-6(4-11)5-14-9(7)10/h2-3,5H,4H2,1H3. The molecule has 0 aliphatic carbocycles. The lowest BCUT2D eigenvalue weighted by Crippen LogP contribution is -1.81. The van der Waals surface area contributed by atoms with Gasteiger partial charge in [0.2, 0.25) is 0 Å². The largest absolute Gasteiger partial charge is 0.206 e. The number of rotatable bonds is 2. The molecule has 0 spiro atoms. The predicted molar refractivity (Wildman–Crippen MR) is 63.1 cm³/mol. The Morgan fingerprint density at radius 2 is 2.29 bits per heavy atom. The first-order chi connectivity index (χ1) is 6.77. The topological polar surface area (TPSA) is 0 Å². The molecule has 0 N–H and O–H groups in total. The average molecular weight is 247 g/mol. The Balaban J connectivity index is 2.76. The third-order valence-corrected chi connectivity index (χ3v) is 4.36. The van der Waals surface area contributed by atoms with Crippen LogP contribution >= 0.6 is 34.7 Å². The second kappa shape index (κ2) is 4.09. The van der Waals surface area contributed by atoms with Crippen LogP contribution < -0.4 is 0 Å². The quantitative estimate of drug-likeness (QED) is 0.555. The van der Waals surface area contributed by atoms with E-state index in [1.807, 2.05) is 11.6 Å². The molecule has 0 nitrogen and oxygen atoms in total. The van der Waals surface area contributed by atoms with Gasteiger partial charge in [0.1, 0.15) is 5.82 Å². The summed E-state index contributed by atoms with van der Waals surface area (Å²) >= 11 is 8.79. The normalized spacial score (nSPS) is 11.1. The van der Waals surface area contributed by atoms with Crippen LogP contribution in [-0.4, -0.2) is 6.26 Å². The first kappa shape index (κ1) is 10.3. The highest BCUT2D eigenvalue weighted by Gasteiger charge is 2.10. The summed E-state index contributed by atoms with van der Waals surface area (Å²) in [4.78, 5) is 0.726. The van der Waals surface area contributed by atoms with Gasteiger partial charge in [0.15, 0.2) is 0 Å². The van der Waals surface area contributed by atoms with Crippen LogP contribution in [0.3, 0.4) is 0 Å². The second-order valence-corrected chi connectivity index (χ2v) is 4.82. The third kappa shape index (κ3) is 1.53. The molecule has 1 heterocycles. The summed E-state index contributed by atoms with van der Waals surface area (Å²) in [6.45, 7) is 0. The monoisotopic (exact) mass is 246 g/mol. The SMILES string of the molecule is CSc1c(F)ccc2c(CCl)csc12. The van der Waals surface area contributed by atoms with Crippen molar-refractivity contribution in [1.29, 1.82) is 0 Å². The van der Waals surface area contributed by atoms with Crippen molar-refractivity contribution < 1.29 is 4.39 Å². The van der Waals surface area contributed by atoms with Crippen LogP contribution in [0.1, 0.15) is 5.56 Å². The zero-order valence-electron chi connectivity index (χ0n) is 7.51. The molecule has 2 aromatic rings. The number of halogens is 2. The van der Waals surface area contributed by atoms with Crippen LogP contribution in [0.4, 0.5) is 4.39 Å². The second-order valence-electron chi connectivity index (χ2n) is 2.85. The Morgan fingerprint density at radius 1 is 1.50 bits per heavy atom. The van der Waals surface area contributed by atoms with Crippen LogP contribution in [0.5, 0.6) is 0 Å². The van der Waals surface area contributed by atoms with Gasteiger partial charge in [-0.15, -0.1) is 34.7 Å². The fourth-order valence-electron chi connectivity index (χ4n) is 1.40. The fourth-order valence-corrected chi connectivity index (χ4v) is 3.66. The van der Waals surface area contributed by atoms with E-state index in [1.54, 1.807) is 17.4 Å². The molecule has 0 radical (unpaired) electrons. The van der Waals surface area contributed by atoms with Crippen molar-refractivity contribution in [2.75, 3.05) is 6.26 Å². The highest BCUT2D eigenvalue weighted by atomic mass is 35.5. The lowest BCUT2D eigenvalue weighted by Gasteiger charge is -2.01. The van der Waals surface area contributed by atoms with E-state index >= 15 is 0 Å². The van der Waals surface area contributed by atoms with E-state index in [-0.39, 0.29) is 5.82 Å². The number of hydrogen-bond acceptors (Lipinski definition) is 2. The Morgan fingerprint density at radius 3 is 2.93 bits per heavy atom. The molecule has 1 aromatic heterocycles. The third-order valence-electron chi connectivity index (χ3n) is 2.08. The Labute approximate surface area is 95.1 Å². The molecule has 4 heteroatoms. The van der Waals surface area contributed by atoms with Gasteiger partial charge in [-0.05, 0) is 28.7 Å². The summed E-state index contributed by atoms with van der Waals surface area (Å²) in [6, 6.07) is 3.32. The molecule has 1 aromatic carbocycles. The van der Waals surface area contributed by atoms with Crippen LogP contribution in [0, 0.1) is 5.82 Å². The van der Waals surface area contributed by atoms with Crippen LogP contribution in [0.25, 0.3) is 10.1 Å². The molecule has 0 saturated heterocycles. The minimum atomic E-state index is -0.145. The van der Waals surface area contributed by atoms with Crippen LogP contribution in [-0.2, 0) is 5.88 Å². The van der Waals surface area contributed by atoms with E-state index in [0.29, 0.717) is 5.88 Å². The molecule has 14 heavy (non-hydrogen) atoms. The number of thiophene rings is 1. The zero-order chi connectivity index (χ0) is 10.1. The molecule has 0 aliphatic rings. The van der Waals surface area contributed by atoms with Gasteiger partial charge >= 0.3 is 0 Å². The van der Waals surface area contributed by atoms with Gasteiger partial charge in [-0.25, -0.2) is 4.39 Å². The molecule has 0 aliphatic heterocycles. The minimum absolute atomic E-state index is 0.145. The van der Waals surface area contributed by atoms with E-state index in [1.165, 1.54) is 17.8 Å². The molecular formula is C10H8ClFS2. The molecule has 0 bridgehead atoms. The number of fused-ring (bicyclic) bond motifs is 1. The van der Waals surface area contributed by atoms with Crippen molar-refractivity contribution in [2.24, 2.45) is 0 Å². The van der Waals surface area contributed by atoms with Gasteiger partial charge < -0.3 is 0 Å². The maximum atomic E-state index is 13.4. The van der Waals surface area contributed by atoms with Gasteiger partial charge in [0.05, 0.1) is 9.60 Å². The first-order valence-corrected chi connectivity index (χ1v) is 6.70. The first-order valence-electron chi connectivity index (χ1n) is 4.06. The van der Waals surface area contributed by atoms with Gasteiger partial charge in [-0.2, -0.15) is 0 Å². The Kier molecular flexibility index (Phi) is 3.00. The van der Waals surface area contributed by atoms with Crippen molar-refractivity contribution in [1.82, 2.24) is 0 Å². The van der Waals surface area contributed by atoms with E-state index in [2.05, 4.69) is 0 Å². The van der Waals surface area contributed by atoms with Gasteiger partial charge in [0.25, 0.3) is 0 Å². The van der Waals surface area contributed by atoms with Crippen molar-refractivity contribution >= 4 is 44.8 Å². The van der Waals surface area contributed by atoms with E-state index in [9.17, 15) is 4.39 Å². The molecule has 74 valence electrons. The number of alkyl halides is 1. The number of benzene rings is 1. The summed E-state index contributed by atoms with van der Waals surface area (Å²) in [5.74, 6) is 0.340. The fraction of sp³-hybridized carbons (Fsp3) is 0.200. The van der Waals surface area contributed by atoms with E-state index < -0.39 is 0 Å². The molecule has 0 amide bonds. The molecule has 0 unspecified atom stereocenters. The Bertz CT molecular complexity index is 464. The lowest BCUT2D eigenvalue weighted by atomic mass is 10.2. The number of hydrogen-bond donors (Lipinski definition) is 0. The number of thioether (sulfide) groups is 1. The summed E-state index contributed by atoms with van der Waals surface area (Å²) in [6.07, 6.45) is 1.89. The van der Waals surface area contributed by atoms with Gasteiger partial charge in [0, 0.05) is 5.88 Å². The molecule has 0 saturated carbocycles. The summed E-state index contributed by atoms with van der Waals surface area (Å²) in [7, 11) is 0. The summed E-state index contributed by atoms with van der Waals surface area (Å²) < 4.78 is 14.4. The predicted octanol–water partition coefficient (Wildman–Crippen LogP) is 4.50. The van der Waals surface area contributed by atoms with Crippen molar-refractivity contribution in [3.63, 3.8) is 0 Å². The molecule has 0 atom stereocenters. The maximum Gasteiger partial charge on any atom is 0.138 e. The highest BCUT2D eigenvalue weighted by Crippen LogP contribution is 2.36. The Hall–Kier alpha value is -0.250. The van der Waals surface area contributed by atoms with Gasteiger partial charge in [-0.3, -0.25) is 0 Å². The lowest BCUT2D eigenvalue weighted by molar-refractivity contribution is 0.606. The van der Waals surface area contributed by atoms with Crippen molar-refractivity contribution in [3.05, 3.63) is 28.9 Å². The maximum absolute atomic E-state index is 13.4. The summed E-state index contributed by atoms with van der Waals surface area (Å²) in [5.41, 5.74) is 1.09. The molecule has 0 fully saturated rings. The highest BCUT2D eigenvalue weighted by molar-refractivity contribution is 7.99. The zero-order valence-corrected chi connectivity index (χ0v) is 9.90. The van der Waals surface area contributed by atoms with Crippen molar-refractivity contribution in [3.8, 4) is 0 Å². The molecule has 2 rings (SSSR count). The van der Waals surface area contributed by atoms with Gasteiger partial charge in [-0.1, -0.05) is 6.07 Å². The smallest absolute Gasteiger partial charge is 0.138 e. The summed E-state index contributed by atoms with van der Waals surface area (Å²) in [5, 5.41) is 3.08. The molecular weight excluding hydrogens is 239 g/mol. The van der Waals surface area contributed by atoms with E-state index in [0.717, 1.165) is 20.5 Å². The minimum Gasteiger partial charge on any atom is -0.206 e. The van der Waals surface area contributed by atoms with E-state index in [4.69, 9.17) is 11.6 Å².